The lowest BCUT2D eigenvalue weighted by Crippen LogP contribution is -2.30. The van der Waals surface area contributed by atoms with E-state index in [1.165, 1.54) is 24.3 Å². The maximum absolute atomic E-state index is 12.1. The second-order valence-electron chi connectivity index (χ2n) is 6.58. The fourth-order valence-electron chi connectivity index (χ4n) is 2.52. The number of hydrogen-bond donors (Lipinski definition) is 2. The quantitative estimate of drug-likeness (QED) is 0.621. The monoisotopic (exact) mass is 402 g/mol. The Morgan fingerprint density at radius 2 is 1.68 bits per heavy atom. The molecular formula is C20H22N2O5S. The Hall–Kier alpha value is -2.71. The first-order valence-corrected chi connectivity index (χ1v) is 10.5. The molecule has 2 aromatic carbocycles. The van der Waals surface area contributed by atoms with Crippen molar-refractivity contribution in [1.82, 2.24) is 10.0 Å². The van der Waals surface area contributed by atoms with E-state index in [-0.39, 0.29) is 16.5 Å². The number of esters is 1. The number of rotatable bonds is 9. The zero-order chi connectivity index (χ0) is 20.0. The predicted molar refractivity (Wildman–Crippen MR) is 103 cm³/mol. The molecule has 0 aliphatic heterocycles. The first-order chi connectivity index (χ1) is 13.4. The normalized spacial score (nSPS) is 13.7. The van der Waals surface area contributed by atoms with Crippen molar-refractivity contribution >= 4 is 21.9 Å². The molecular weight excluding hydrogens is 380 g/mol. The number of benzene rings is 2. The van der Waals surface area contributed by atoms with Crippen molar-refractivity contribution < 1.29 is 22.7 Å². The van der Waals surface area contributed by atoms with Gasteiger partial charge in [0.2, 0.25) is 10.0 Å². The third kappa shape index (κ3) is 5.90. The molecule has 2 N–H and O–H groups in total. The van der Waals surface area contributed by atoms with Crippen LogP contribution in [0.15, 0.2) is 59.5 Å². The Morgan fingerprint density at radius 3 is 2.32 bits per heavy atom. The van der Waals surface area contributed by atoms with Gasteiger partial charge >= 0.3 is 5.97 Å². The minimum atomic E-state index is -3.56. The van der Waals surface area contributed by atoms with E-state index in [1.807, 2.05) is 30.3 Å². The zero-order valence-electron chi connectivity index (χ0n) is 15.3. The van der Waals surface area contributed by atoms with Crippen LogP contribution in [0.25, 0.3) is 0 Å². The van der Waals surface area contributed by atoms with Gasteiger partial charge in [-0.2, -0.15) is 0 Å². The topological polar surface area (TPSA) is 102 Å². The Kier molecular flexibility index (Phi) is 6.43. The van der Waals surface area contributed by atoms with Crippen molar-refractivity contribution in [2.24, 2.45) is 0 Å². The van der Waals surface area contributed by atoms with Crippen molar-refractivity contribution in [3.8, 4) is 0 Å². The molecule has 1 aliphatic carbocycles. The first-order valence-electron chi connectivity index (χ1n) is 9.04. The van der Waals surface area contributed by atoms with Gasteiger partial charge in [0.15, 0.2) is 6.61 Å². The maximum atomic E-state index is 12.1. The highest BCUT2D eigenvalue weighted by Gasteiger charge is 2.28. The standard InChI is InChI=1S/C20H22N2O5S/c23-19(21-13-12-15-4-2-1-3-5-15)14-27-20(24)16-6-10-18(11-7-16)28(25,26)22-17-8-9-17/h1-7,10-11,17,22H,8-9,12-14H2,(H,21,23). The highest BCUT2D eigenvalue weighted by Crippen LogP contribution is 2.22. The minimum Gasteiger partial charge on any atom is -0.452 e. The van der Waals surface area contributed by atoms with E-state index in [0.717, 1.165) is 18.4 Å². The maximum Gasteiger partial charge on any atom is 0.338 e. The van der Waals surface area contributed by atoms with Crippen molar-refractivity contribution in [3.63, 3.8) is 0 Å². The Balaban J connectivity index is 1.43. The molecule has 0 unspecified atom stereocenters. The van der Waals surface area contributed by atoms with Crippen LogP contribution < -0.4 is 10.0 Å². The number of ether oxygens (including phenoxy) is 1. The molecule has 1 amide bonds. The summed E-state index contributed by atoms with van der Waals surface area (Å²) in [6.07, 6.45) is 2.37. The molecule has 0 bridgehead atoms. The second-order valence-corrected chi connectivity index (χ2v) is 8.30. The Bertz CT molecular complexity index is 923. The zero-order valence-corrected chi connectivity index (χ0v) is 16.1. The molecule has 0 radical (unpaired) electrons. The average Bonchev–Trinajstić information content (AvgIpc) is 3.50. The van der Waals surface area contributed by atoms with Gasteiger partial charge in [0.05, 0.1) is 10.5 Å². The highest BCUT2D eigenvalue weighted by molar-refractivity contribution is 7.89. The van der Waals surface area contributed by atoms with E-state index in [0.29, 0.717) is 13.0 Å². The van der Waals surface area contributed by atoms with Gasteiger partial charge < -0.3 is 10.1 Å². The summed E-state index contributed by atoms with van der Waals surface area (Å²) in [5.41, 5.74) is 1.29. The number of amides is 1. The van der Waals surface area contributed by atoms with Crippen molar-refractivity contribution in [2.75, 3.05) is 13.2 Å². The summed E-state index contributed by atoms with van der Waals surface area (Å²) in [6, 6.07) is 15.2. The molecule has 0 aromatic heterocycles. The lowest BCUT2D eigenvalue weighted by Gasteiger charge is -2.08. The molecule has 1 aliphatic rings. The molecule has 8 heteroatoms. The van der Waals surface area contributed by atoms with Crippen LogP contribution in [-0.2, 0) is 26.0 Å². The van der Waals surface area contributed by atoms with E-state index >= 15 is 0 Å². The van der Waals surface area contributed by atoms with Crippen LogP contribution in [0.1, 0.15) is 28.8 Å². The van der Waals surface area contributed by atoms with Crippen LogP contribution in [-0.4, -0.2) is 39.5 Å². The van der Waals surface area contributed by atoms with Crippen LogP contribution in [0.3, 0.4) is 0 Å². The summed E-state index contributed by atoms with van der Waals surface area (Å²) in [6.45, 7) is 0.0534. The molecule has 0 saturated heterocycles. The van der Waals surface area contributed by atoms with E-state index in [9.17, 15) is 18.0 Å². The fourth-order valence-corrected chi connectivity index (χ4v) is 3.82. The third-order valence-corrected chi connectivity index (χ3v) is 5.75. The van der Waals surface area contributed by atoms with Gasteiger partial charge in [0.1, 0.15) is 0 Å². The minimum absolute atomic E-state index is 0.00930. The SMILES string of the molecule is O=C(COC(=O)c1ccc(S(=O)(=O)NC2CC2)cc1)NCCc1ccccc1. The highest BCUT2D eigenvalue weighted by atomic mass is 32.2. The van der Waals surface area contributed by atoms with Crippen LogP contribution in [0, 0.1) is 0 Å². The number of hydrogen-bond acceptors (Lipinski definition) is 5. The van der Waals surface area contributed by atoms with Crippen LogP contribution in [0.4, 0.5) is 0 Å². The van der Waals surface area contributed by atoms with Crippen molar-refractivity contribution in [2.45, 2.75) is 30.2 Å². The molecule has 2 aromatic rings. The number of carbonyl (C=O) groups excluding carboxylic acids is 2. The molecule has 0 spiro atoms. The van der Waals surface area contributed by atoms with Gasteiger partial charge in [-0.15, -0.1) is 0 Å². The third-order valence-electron chi connectivity index (χ3n) is 4.21. The second kappa shape index (κ2) is 8.99. The molecule has 0 atom stereocenters. The predicted octanol–water partition coefficient (Wildman–Crippen LogP) is 1.64. The first kappa shape index (κ1) is 20.0. The van der Waals surface area contributed by atoms with Gasteiger partial charge in [-0.1, -0.05) is 30.3 Å². The molecule has 1 saturated carbocycles. The fraction of sp³-hybridized carbons (Fsp3) is 0.300. The summed E-state index contributed by atoms with van der Waals surface area (Å²) in [5, 5.41) is 2.69. The average molecular weight is 402 g/mol. The lowest BCUT2D eigenvalue weighted by molar-refractivity contribution is -0.124. The van der Waals surface area contributed by atoms with Crippen molar-refractivity contribution in [3.05, 3.63) is 65.7 Å². The largest absolute Gasteiger partial charge is 0.452 e. The molecule has 148 valence electrons. The van der Waals surface area contributed by atoms with Crippen LogP contribution in [0.5, 0.6) is 0 Å². The van der Waals surface area contributed by atoms with Gasteiger partial charge in [0, 0.05) is 12.6 Å². The molecule has 3 rings (SSSR count). The number of carbonyl (C=O) groups is 2. The van der Waals surface area contributed by atoms with Gasteiger partial charge in [-0.25, -0.2) is 17.9 Å². The summed E-state index contributed by atoms with van der Waals surface area (Å²) in [5.74, 6) is -1.07. The molecule has 0 heterocycles. The van der Waals surface area contributed by atoms with E-state index < -0.39 is 28.5 Å². The van der Waals surface area contributed by atoms with E-state index in [2.05, 4.69) is 10.0 Å². The summed E-state index contributed by atoms with van der Waals surface area (Å²) in [7, 11) is -3.56. The van der Waals surface area contributed by atoms with Gasteiger partial charge in [-0.3, -0.25) is 4.79 Å². The Morgan fingerprint density at radius 1 is 1.00 bits per heavy atom. The summed E-state index contributed by atoms with van der Waals surface area (Å²) >= 11 is 0. The Labute approximate surface area is 164 Å². The number of nitrogens with one attached hydrogen (secondary N) is 2. The number of sulfonamides is 1. The summed E-state index contributed by atoms with van der Waals surface area (Å²) in [4.78, 5) is 23.9. The van der Waals surface area contributed by atoms with Crippen LogP contribution >= 0.6 is 0 Å². The van der Waals surface area contributed by atoms with E-state index in [4.69, 9.17) is 4.74 Å². The van der Waals surface area contributed by atoms with E-state index in [1.54, 1.807) is 0 Å². The van der Waals surface area contributed by atoms with Crippen LogP contribution in [0.2, 0.25) is 0 Å². The summed E-state index contributed by atoms with van der Waals surface area (Å²) < 4.78 is 31.7. The van der Waals surface area contributed by atoms with Gasteiger partial charge in [-0.05, 0) is 49.1 Å². The molecule has 1 fully saturated rings. The van der Waals surface area contributed by atoms with Gasteiger partial charge in [0.25, 0.3) is 5.91 Å². The smallest absolute Gasteiger partial charge is 0.338 e. The molecule has 7 nitrogen and oxygen atoms in total. The molecule has 28 heavy (non-hydrogen) atoms. The van der Waals surface area contributed by atoms with Crippen molar-refractivity contribution in [1.29, 1.82) is 0 Å². The lowest BCUT2D eigenvalue weighted by atomic mass is 10.1.